The summed E-state index contributed by atoms with van der Waals surface area (Å²) in [6, 6.07) is 16.9. The number of carbonyl (C=O) groups excluding carboxylic acids is 1. The van der Waals surface area contributed by atoms with Crippen LogP contribution in [0.5, 0.6) is 11.5 Å². The summed E-state index contributed by atoms with van der Waals surface area (Å²) in [6.45, 7) is 5.21. The van der Waals surface area contributed by atoms with Gasteiger partial charge in [0.15, 0.2) is 0 Å². The number of ether oxygens (including phenoxy) is 2. The van der Waals surface area contributed by atoms with E-state index in [0.29, 0.717) is 11.4 Å². The van der Waals surface area contributed by atoms with Crippen LogP contribution in [0.2, 0.25) is 0 Å². The lowest BCUT2D eigenvalue weighted by Gasteiger charge is -2.26. The number of methoxy groups -OCH3 is 2. The molecule has 0 saturated heterocycles. The molecule has 0 aromatic heterocycles. The van der Waals surface area contributed by atoms with Crippen molar-refractivity contribution in [3.63, 3.8) is 0 Å². The smallest absolute Gasteiger partial charge is 0.264 e. The highest BCUT2D eigenvalue weighted by Gasteiger charge is 2.30. The Morgan fingerprint density at radius 3 is 2.12 bits per heavy atom. The van der Waals surface area contributed by atoms with Crippen LogP contribution in [0.4, 0.5) is 11.4 Å². The zero-order valence-corrected chi connectivity index (χ0v) is 20.2. The van der Waals surface area contributed by atoms with Crippen molar-refractivity contribution in [3.05, 3.63) is 77.4 Å². The van der Waals surface area contributed by atoms with Crippen LogP contribution in [0.25, 0.3) is 0 Å². The first kappa shape index (κ1) is 24.1. The second-order valence-corrected chi connectivity index (χ2v) is 9.54. The van der Waals surface area contributed by atoms with E-state index >= 15 is 0 Å². The van der Waals surface area contributed by atoms with E-state index in [1.54, 1.807) is 30.3 Å². The molecule has 0 aliphatic carbocycles. The normalized spacial score (nSPS) is 11.1. The van der Waals surface area contributed by atoms with Crippen LogP contribution in [0, 0.1) is 20.8 Å². The minimum absolute atomic E-state index is 0.0749. The second kappa shape index (κ2) is 9.95. The Labute approximate surface area is 195 Å². The number of hydrogen-bond acceptors (Lipinski definition) is 5. The summed E-state index contributed by atoms with van der Waals surface area (Å²) in [5, 5.41) is 2.86. The molecular weight excluding hydrogens is 440 g/mol. The van der Waals surface area contributed by atoms with Crippen LogP contribution < -0.4 is 19.1 Å². The molecule has 0 atom stereocenters. The maximum absolute atomic E-state index is 13.6. The van der Waals surface area contributed by atoms with Crippen LogP contribution >= 0.6 is 0 Å². The average Bonchev–Trinajstić information content (AvgIpc) is 2.80. The molecule has 0 saturated carbocycles. The first-order valence-electron chi connectivity index (χ1n) is 10.3. The third-order valence-electron chi connectivity index (χ3n) is 5.30. The highest BCUT2D eigenvalue weighted by Crippen LogP contribution is 2.35. The maximum atomic E-state index is 13.6. The molecule has 0 unspecified atom stereocenters. The van der Waals surface area contributed by atoms with Crippen LogP contribution in [0.3, 0.4) is 0 Å². The third kappa shape index (κ3) is 5.28. The third-order valence-corrected chi connectivity index (χ3v) is 7.07. The molecule has 1 N–H and O–H groups in total. The van der Waals surface area contributed by atoms with Gasteiger partial charge in [0, 0.05) is 11.8 Å². The van der Waals surface area contributed by atoms with Gasteiger partial charge >= 0.3 is 0 Å². The maximum Gasteiger partial charge on any atom is 0.264 e. The van der Waals surface area contributed by atoms with E-state index in [-0.39, 0.29) is 16.3 Å². The van der Waals surface area contributed by atoms with Gasteiger partial charge in [-0.05, 0) is 56.2 Å². The van der Waals surface area contributed by atoms with Gasteiger partial charge in [-0.1, -0.05) is 35.9 Å². The van der Waals surface area contributed by atoms with E-state index in [4.69, 9.17) is 9.47 Å². The first-order valence-corrected chi connectivity index (χ1v) is 11.8. The SMILES string of the molecule is COc1ccc(N(CC(=O)Nc2c(C)cccc2C)S(=O)(=O)c2ccc(C)cc2)c(OC)c1. The fourth-order valence-electron chi connectivity index (χ4n) is 3.45. The number of carbonyl (C=O) groups is 1. The van der Waals surface area contributed by atoms with Crippen LogP contribution in [0.15, 0.2) is 65.6 Å². The second-order valence-electron chi connectivity index (χ2n) is 7.68. The van der Waals surface area contributed by atoms with Gasteiger partial charge in [0.1, 0.15) is 18.0 Å². The van der Waals surface area contributed by atoms with Gasteiger partial charge in [-0.2, -0.15) is 0 Å². The van der Waals surface area contributed by atoms with Gasteiger partial charge in [-0.3, -0.25) is 9.10 Å². The van der Waals surface area contributed by atoms with Crippen molar-refractivity contribution in [3.8, 4) is 11.5 Å². The molecule has 8 heteroatoms. The molecule has 3 rings (SSSR count). The van der Waals surface area contributed by atoms with Crippen molar-refractivity contribution in [1.82, 2.24) is 0 Å². The van der Waals surface area contributed by atoms with Gasteiger partial charge in [0.25, 0.3) is 10.0 Å². The Kier molecular flexibility index (Phi) is 7.28. The molecule has 0 bridgehead atoms. The standard InChI is InChI=1S/C25H28N2O5S/c1-17-9-12-21(13-10-17)33(29,30)27(22-14-11-20(31-4)15-23(22)32-5)16-24(28)26-25-18(2)7-6-8-19(25)3/h6-15H,16H2,1-5H3,(H,26,28). The molecular formula is C25H28N2O5S. The number of anilines is 2. The summed E-state index contributed by atoms with van der Waals surface area (Å²) >= 11 is 0. The van der Waals surface area contributed by atoms with Gasteiger partial charge in [0.05, 0.1) is 24.8 Å². The molecule has 33 heavy (non-hydrogen) atoms. The average molecular weight is 469 g/mol. The topological polar surface area (TPSA) is 84.9 Å². The minimum atomic E-state index is -4.08. The Bertz CT molecular complexity index is 1230. The Hall–Kier alpha value is -3.52. The lowest BCUT2D eigenvalue weighted by Crippen LogP contribution is -2.38. The van der Waals surface area contributed by atoms with E-state index in [9.17, 15) is 13.2 Å². The summed E-state index contributed by atoms with van der Waals surface area (Å²) in [4.78, 5) is 13.1. The summed E-state index contributed by atoms with van der Waals surface area (Å²) in [5.74, 6) is 0.300. The van der Waals surface area contributed by atoms with E-state index in [2.05, 4.69) is 5.32 Å². The van der Waals surface area contributed by atoms with Crippen molar-refractivity contribution >= 4 is 27.3 Å². The molecule has 7 nitrogen and oxygen atoms in total. The van der Waals surface area contributed by atoms with Gasteiger partial charge in [-0.15, -0.1) is 0 Å². The zero-order chi connectivity index (χ0) is 24.2. The molecule has 0 heterocycles. The van der Waals surface area contributed by atoms with E-state index in [1.165, 1.54) is 26.4 Å². The molecule has 174 valence electrons. The summed E-state index contributed by atoms with van der Waals surface area (Å²) in [7, 11) is -1.14. The lowest BCUT2D eigenvalue weighted by atomic mass is 10.1. The molecule has 0 aliphatic heterocycles. The number of sulfonamides is 1. The quantitative estimate of drug-likeness (QED) is 0.528. The zero-order valence-electron chi connectivity index (χ0n) is 19.4. The molecule has 0 fully saturated rings. The monoisotopic (exact) mass is 468 g/mol. The van der Waals surface area contributed by atoms with Crippen LogP contribution in [0.1, 0.15) is 16.7 Å². The Morgan fingerprint density at radius 2 is 1.55 bits per heavy atom. The van der Waals surface area contributed by atoms with Crippen LogP contribution in [-0.4, -0.2) is 35.1 Å². The predicted octanol–water partition coefficient (Wildman–Crippen LogP) is 4.46. The van der Waals surface area contributed by atoms with Crippen molar-refractivity contribution in [2.75, 3.05) is 30.4 Å². The number of nitrogens with zero attached hydrogens (tertiary/aromatic N) is 1. The van der Waals surface area contributed by atoms with Gasteiger partial charge in [-0.25, -0.2) is 8.42 Å². The van der Waals surface area contributed by atoms with Crippen LogP contribution in [-0.2, 0) is 14.8 Å². The van der Waals surface area contributed by atoms with Crippen molar-refractivity contribution in [1.29, 1.82) is 0 Å². The number of aryl methyl sites for hydroxylation is 3. The lowest BCUT2D eigenvalue weighted by molar-refractivity contribution is -0.114. The predicted molar refractivity (Wildman–Crippen MR) is 130 cm³/mol. The number of benzene rings is 3. The summed E-state index contributed by atoms with van der Waals surface area (Å²) in [6.07, 6.45) is 0. The Balaban J connectivity index is 2.06. The number of rotatable bonds is 8. The molecule has 3 aromatic rings. The molecule has 0 radical (unpaired) electrons. The van der Waals surface area contributed by atoms with E-state index in [1.807, 2.05) is 39.0 Å². The molecule has 3 aromatic carbocycles. The number of nitrogens with one attached hydrogen (secondary N) is 1. The highest BCUT2D eigenvalue weighted by atomic mass is 32.2. The fourth-order valence-corrected chi connectivity index (χ4v) is 4.88. The largest absolute Gasteiger partial charge is 0.497 e. The highest BCUT2D eigenvalue weighted by molar-refractivity contribution is 7.92. The van der Waals surface area contributed by atoms with Gasteiger partial charge in [0.2, 0.25) is 5.91 Å². The first-order chi connectivity index (χ1) is 15.7. The van der Waals surface area contributed by atoms with E-state index in [0.717, 1.165) is 21.0 Å². The fraction of sp³-hybridized carbons (Fsp3) is 0.240. The molecule has 0 aliphatic rings. The Morgan fingerprint density at radius 1 is 0.909 bits per heavy atom. The van der Waals surface area contributed by atoms with Crippen molar-refractivity contribution < 1.29 is 22.7 Å². The number of amides is 1. The van der Waals surface area contributed by atoms with Crippen molar-refractivity contribution in [2.24, 2.45) is 0 Å². The molecule has 1 amide bonds. The summed E-state index contributed by atoms with van der Waals surface area (Å²) < 4.78 is 39.0. The molecule has 0 spiro atoms. The number of hydrogen-bond donors (Lipinski definition) is 1. The number of para-hydroxylation sites is 1. The van der Waals surface area contributed by atoms with E-state index < -0.39 is 22.5 Å². The van der Waals surface area contributed by atoms with Gasteiger partial charge < -0.3 is 14.8 Å². The van der Waals surface area contributed by atoms with Crippen molar-refractivity contribution in [2.45, 2.75) is 25.7 Å². The summed E-state index contributed by atoms with van der Waals surface area (Å²) in [5.41, 5.74) is 3.60. The minimum Gasteiger partial charge on any atom is -0.497 e.